The molecule has 2 aromatic rings. The molecule has 19 heavy (non-hydrogen) atoms. The van der Waals surface area contributed by atoms with E-state index in [2.05, 4.69) is 6.92 Å². The fraction of sp³-hybridized carbons (Fsp3) is 0.0667. The van der Waals surface area contributed by atoms with Crippen molar-refractivity contribution >= 4 is 29.0 Å². The summed E-state index contributed by atoms with van der Waals surface area (Å²) >= 11 is 6.11. The molecule has 0 atom stereocenters. The molecule has 0 saturated carbocycles. The summed E-state index contributed by atoms with van der Waals surface area (Å²) in [6.07, 6.45) is 0.697. The molecular weight excluding hydrogens is 260 g/mol. The summed E-state index contributed by atoms with van der Waals surface area (Å²) < 4.78 is 0. The lowest BCUT2D eigenvalue weighted by atomic mass is 10.1. The van der Waals surface area contributed by atoms with E-state index in [1.165, 1.54) is 4.90 Å². The van der Waals surface area contributed by atoms with Gasteiger partial charge >= 0.3 is 6.03 Å². The summed E-state index contributed by atoms with van der Waals surface area (Å²) in [5.74, 6) is 0. The van der Waals surface area contributed by atoms with Crippen LogP contribution >= 0.6 is 11.6 Å². The average molecular weight is 274 g/mol. The molecule has 0 aromatic heterocycles. The zero-order chi connectivity index (χ0) is 13.8. The van der Waals surface area contributed by atoms with E-state index >= 15 is 0 Å². The summed E-state index contributed by atoms with van der Waals surface area (Å²) in [5, 5.41) is 0.475. The number of anilines is 2. The molecule has 2 aromatic carbocycles. The molecule has 1 radical (unpaired) electrons. The van der Waals surface area contributed by atoms with E-state index < -0.39 is 6.03 Å². The maximum absolute atomic E-state index is 11.7. The van der Waals surface area contributed by atoms with E-state index in [9.17, 15) is 4.79 Å². The van der Waals surface area contributed by atoms with E-state index in [4.69, 9.17) is 17.3 Å². The lowest BCUT2D eigenvalue weighted by Crippen LogP contribution is -2.31. The summed E-state index contributed by atoms with van der Waals surface area (Å²) in [7, 11) is 0. The van der Waals surface area contributed by atoms with Gasteiger partial charge in [0.15, 0.2) is 0 Å². The van der Waals surface area contributed by atoms with Gasteiger partial charge in [-0.3, -0.25) is 4.90 Å². The van der Waals surface area contributed by atoms with Crippen molar-refractivity contribution in [3.8, 4) is 0 Å². The third-order valence-corrected chi connectivity index (χ3v) is 3.12. The number of halogens is 1. The Labute approximate surface area is 117 Å². The molecule has 0 unspecified atom stereocenters. The van der Waals surface area contributed by atoms with Gasteiger partial charge in [0, 0.05) is 0 Å². The van der Waals surface area contributed by atoms with Crippen LogP contribution in [0.1, 0.15) is 5.56 Å². The smallest absolute Gasteiger partial charge is 0.323 e. The molecule has 0 bridgehead atoms. The first-order valence-electron chi connectivity index (χ1n) is 5.85. The number of para-hydroxylation sites is 1. The zero-order valence-corrected chi connectivity index (χ0v) is 11.1. The van der Waals surface area contributed by atoms with E-state index in [0.29, 0.717) is 22.8 Å². The first-order valence-corrected chi connectivity index (χ1v) is 6.23. The number of benzene rings is 2. The van der Waals surface area contributed by atoms with E-state index in [0.717, 1.165) is 5.56 Å². The Morgan fingerprint density at radius 3 is 2.32 bits per heavy atom. The Morgan fingerprint density at radius 1 is 1.16 bits per heavy atom. The van der Waals surface area contributed by atoms with E-state index in [1.807, 2.05) is 30.3 Å². The minimum absolute atomic E-state index is 0.475. The first-order chi connectivity index (χ1) is 9.13. The standard InChI is InChI=1S/C15H14ClN2O/c1-2-11-7-9-12(10-8-11)18(15(17)19)14-6-4-3-5-13(14)16/h3-10H,1-2H2,(H2,17,19). The summed E-state index contributed by atoms with van der Waals surface area (Å²) in [4.78, 5) is 13.1. The van der Waals surface area contributed by atoms with Crippen LogP contribution in [0.2, 0.25) is 5.02 Å². The van der Waals surface area contributed by atoms with Crippen LogP contribution in [0.4, 0.5) is 16.2 Å². The lowest BCUT2D eigenvalue weighted by Gasteiger charge is -2.21. The topological polar surface area (TPSA) is 46.3 Å². The number of nitrogens with zero attached hydrogens (tertiary/aromatic N) is 1. The number of nitrogens with two attached hydrogens (primary N) is 1. The Balaban J connectivity index is 2.46. The number of hydrogen-bond donors (Lipinski definition) is 1. The Bertz CT molecular complexity index is 581. The Hall–Kier alpha value is -2.00. The molecule has 2 amide bonds. The van der Waals surface area contributed by atoms with Crippen molar-refractivity contribution in [2.24, 2.45) is 5.73 Å². The van der Waals surface area contributed by atoms with Crippen LogP contribution in [0, 0.1) is 6.92 Å². The molecule has 0 fully saturated rings. The second-order valence-electron chi connectivity index (χ2n) is 4.04. The van der Waals surface area contributed by atoms with Crippen LogP contribution in [0.5, 0.6) is 0 Å². The van der Waals surface area contributed by atoms with Crippen LogP contribution < -0.4 is 10.6 Å². The highest BCUT2D eigenvalue weighted by molar-refractivity contribution is 6.34. The SMILES string of the molecule is [CH2]Cc1ccc(N(C(N)=O)c2ccccc2Cl)cc1. The van der Waals surface area contributed by atoms with Crippen molar-refractivity contribution in [1.29, 1.82) is 0 Å². The van der Waals surface area contributed by atoms with Gasteiger partial charge < -0.3 is 5.73 Å². The summed E-state index contributed by atoms with van der Waals surface area (Å²) in [6.45, 7) is 3.81. The molecule has 0 saturated heterocycles. The molecular formula is C15H14ClN2O. The molecule has 2 N–H and O–H groups in total. The number of primary amides is 1. The van der Waals surface area contributed by atoms with Gasteiger partial charge in [0.05, 0.1) is 16.4 Å². The molecule has 0 aliphatic rings. The number of amides is 2. The van der Waals surface area contributed by atoms with E-state index in [1.54, 1.807) is 18.2 Å². The lowest BCUT2D eigenvalue weighted by molar-refractivity contribution is 0.256. The van der Waals surface area contributed by atoms with Crippen molar-refractivity contribution in [3.05, 3.63) is 66.0 Å². The number of carbonyl (C=O) groups excluding carboxylic acids is 1. The van der Waals surface area contributed by atoms with Gasteiger partial charge in [0.2, 0.25) is 0 Å². The number of carbonyl (C=O) groups is 1. The number of urea groups is 1. The highest BCUT2D eigenvalue weighted by Gasteiger charge is 2.17. The highest BCUT2D eigenvalue weighted by Crippen LogP contribution is 2.31. The maximum atomic E-state index is 11.7. The van der Waals surface area contributed by atoms with Gasteiger partial charge in [-0.05, 0) is 43.2 Å². The molecule has 0 heterocycles. The minimum atomic E-state index is -0.574. The Kier molecular flexibility index (Phi) is 4.07. The second kappa shape index (κ2) is 5.76. The largest absolute Gasteiger partial charge is 0.351 e. The first kappa shape index (κ1) is 13.4. The second-order valence-corrected chi connectivity index (χ2v) is 4.45. The van der Waals surface area contributed by atoms with Crippen molar-refractivity contribution < 1.29 is 4.79 Å². The molecule has 3 nitrogen and oxygen atoms in total. The van der Waals surface area contributed by atoms with Crippen LogP contribution in [0.25, 0.3) is 0 Å². The zero-order valence-electron chi connectivity index (χ0n) is 10.3. The quantitative estimate of drug-likeness (QED) is 0.905. The van der Waals surface area contributed by atoms with E-state index in [-0.39, 0.29) is 0 Å². The van der Waals surface area contributed by atoms with Crippen LogP contribution in [-0.2, 0) is 6.42 Å². The van der Waals surface area contributed by atoms with Gasteiger partial charge in [-0.25, -0.2) is 4.79 Å². The van der Waals surface area contributed by atoms with Crippen LogP contribution in [0.15, 0.2) is 48.5 Å². The fourth-order valence-corrected chi connectivity index (χ4v) is 2.05. The van der Waals surface area contributed by atoms with Crippen molar-refractivity contribution in [2.45, 2.75) is 6.42 Å². The Morgan fingerprint density at radius 2 is 1.79 bits per heavy atom. The highest BCUT2D eigenvalue weighted by atomic mass is 35.5. The summed E-state index contributed by atoms with van der Waals surface area (Å²) in [6, 6.07) is 14.0. The minimum Gasteiger partial charge on any atom is -0.351 e. The fourth-order valence-electron chi connectivity index (χ4n) is 1.83. The van der Waals surface area contributed by atoms with Crippen LogP contribution in [0.3, 0.4) is 0 Å². The molecule has 0 spiro atoms. The third kappa shape index (κ3) is 2.88. The molecule has 0 aliphatic heterocycles. The third-order valence-electron chi connectivity index (χ3n) is 2.80. The van der Waals surface area contributed by atoms with Crippen molar-refractivity contribution in [3.63, 3.8) is 0 Å². The van der Waals surface area contributed by atoms with Crippen molar-refractivity contribution in [2.75, 3.05) is 4.90 Å². The van der Waals surface area contributed by atoms with Gasteiger partial charge in [-0.1, -0.05) is 35.9 Å². The van der Waals surface area contributed by atoms with Gasteiger partial charge in [-0.15, -0.1) is 0 Å². The molecule has 2 rings (SSSR count). The van der Waals surface area contributed by atoms with Crippen LogP contribution in [-0.4, -0.2) is 6.03 Å². The van der Waals surface area contributed by atoms with Gasteiger partial charge in [0.25, 0.3) is 0 Å². The molecule has 4 heteroatoms. The predicted octanol–water partition coefficient (Wildman–Crippen LogP) is 3.93. The normalized spacial score (nSPS) is 10.2. The van der Waals surface area contributed by atoms with Crippen molar-refractivity contribution in [1.82, 2.24) is 0 Å². The van der Waals surface area contributed by atoms with Gasteiger partial charge in [-0.2, -0.15) is 0 Å². The summed E-state index contributed by atoms with van der Waals surface area (Å²) in [5.41, 5.74) is 7.79. The maximum Gasteiger partial charge on any atom is 0.323 e. The molecule has 97 valence electrons. The monoisotopic (exact) mass is 273 g/mol. The molecule has 0 aliphatic carbocycles. The number of hydrogen-bond acceptors (Lipinski definition) is 1. The predicted molar refractivity (Wildman–Crippen MR) is 78.7 cm³/mol. The number of rotatable bonds is 3. The van der Waals surface area contributed by atoms with Gasteiger partial charge in [0.1, 0.15) is 0 Å². The average Bonchev–Trinajstić information content (AvgIpc) is 2.42.